The second-order valence-electron chi connectivity index (χ2n) is 5.76. The molecule has 4 rings (SSSR count). The van der Waals surface area contributed by atoms with Crippen LogP contribution in [0.5, 0.6) is 0 Å². The van der Waals surface area contributed by atoms with E-state index in [9.17, 15) is 5.26 Å². The van der Waals surface area contributed by atoms with Gasteiger partial charge in [-0.15, -0.1) is 5.10 Å². The summed E-state index contributed by atoms with van der Waals surface area (Å²) in [6, 6.07) is 21.8. The summed E-state index contributed by atoms with van der Waals surface area (Å²) in [5, 5.41) is 26.8. The highest BCUT2D eigenvalue weighted by molar-refractivity contribution is 7.98. The van der Waals surface area contributed by atoms with Crippen molar-refractivity contribution in [1.29, 1.82) is 5.26 Å². The Morgan fingerprint density at radius 2 is 1.59 bits per heavy atom. The van der Waals surface area contributed by atoms with Crippen LogP contribution in [0.4, 0.5) is 0 Å². The Kier molecular flexibility index (Phi) is 4.68. The molecule has 0 saturated heterocycles. The van der Waals surface area contributed by atoms with Crippen LogP contribution in [-0.4, -0.2) is 30.0 Å². The zero-order chi connectivity index (χ0) is 18.6. The van der Waals surface area contributed by atoms with Gasteiger partial charge in [-0.2, -0.15) is 15.0 Å². The summed E-state index contributed by atoms with van der Waals surface area (Å²) in [6.45, 7) is 1.85. The molecule has 27 heavy (non-hydrogen) atoms. The number of tetrazole rings is 1. The molecular formula is C19H15N7S. The summed E-state index contributed by atoms with van der Waals surface area (Å²) in [5.74, 6) is 0.520. The van der Waals surface area contributed by atoms with Crippen molar-refractivity contribution in [2.75, 3.05) is 0 Å². The Bertz CT molecular complexity index is 1090. The molecule has 132 valence electrons. The van der Waals surface area contributed by atoms with E-state index in [-0.39, 0.29) is 0 Å². The first-order valence-electron chi connectivity index (χ1n) is 8.28. The molecule has 0 amide bonds. The molecule has 0 radical (unpaired) electrons. The number of benzene rings is 2. The number of nitrogens with zero attached hydrogens (tertiary/aromatic N) is 7. The van der Waals surface area contributed by atoms with Crippen LogP contribution in [0.1, 0.15) is 17.0 Å². The summed E-state index contributed by atoms with van der Waals surface area (Å²) < 4.78 is 3.50. The lowest BCUT2D eigenvalue weighted by molar-refractivity contribution is 0.755. The summed E-state index contributed by atoms with van der Waals surface area (Å²) in [5.41, 5.74) is 3.93. The lowest BCUT2D eigenvalue weighted by Crippen LogP contribution is -2.03. The number of aromatic nitrogens is 6. The van der Waals surface area contributed by atoms with Crippen LogP contribution in [0, 0.1) is 18.3 Å². The van der Waals surface area contributed by atoms with Crippen LogP contribution in [0.15, 0.2) is 65.8 Å². The molecule has 0 aliphatic rings. The zero-order valence-electron chi connectivity index (χ0n) is 14.5. The van der Waals surface area contributed by atoms with Crippen LogP contribution >= 0.6 is 11.8 Å². The Morgan fingerprint density at radius 3 is 2.22 bits per heavy atom. The van der Waals surface area contributed by atoms with E-state index in [0.717, 1.165) is 17.1 Å². The Balaban J connectivity index is 1.67. The highest BCUT2D eigenvalue weighted by atomic mass is 32.2. The number of rotatable bonds is 5. The fraction of sp³-hybridized carbons (Fsp3) is 0.105. The monoisotopic (exact) mass is 373 g/mol. The zero-order valence-corrected chi connectivity index (χ0v) is 15.3. The van der Waals surface area contributed by atoms with Crippen molar-refractivity contribution in [3.8, 4) is 17.4 Å². The van der Waals surface area contributed by atoms with Gasteiger partial charge in [0, 0.05) is 5.75 Å². The third kappa shape index (κ3) is 3.32. The van der Waals surface area contributed by atoms with Crippen molar-refractivity contribution in [2.45, 2.75) is 17.8 Å². The molecule has 0 N–H and O–H groups in total. The van der Waals surface area contributed by atoms with Gasteiger partial charge in [0.25, 0.3) is 0 Å². The van der Waals surface area contributed by atoms with Crippen molar-refractivity contribution >= 4 is 11.8 Å². The molecule has 0 atom stereocenters. The average molecular weight is 373 g/mol. The van der Waals surface area contributed by atoms with Crippen molar-refractivity contribution < 1.29 is 0 Å². The first-order valence-corrected chi connectivity index (χ1v) is 9.27. The molecule has 2 heterocycles. The fourth-order valence-corrected chi connectivity index (χ4v) is 3.66. The Labute approximate surface area is 160 Å². The Morgan fingerprint density at radius 1 is 0.963 bits per heavy atom. The maximum absolute atomic E-state index is 9.59. The molecule has 0 saturated carbocycles. The minimum Gasteiger partial charge on any atom is -0.235 e. The summed E-state index contributed by atoms with van der Waals surface area (Å²) in [6.07, 6.45) is 0. The smallest absolute Gasteiger partial charge is 0.214 e. The van der Waals surface area contributed by atoms with Crippen molar-refractivity contribution in [1.82, 2.24) is 30.0 Å². The van der Waals surface area contributed by atoms with Crippen molar-refractivity contribution in [3.05, 3.63) is 77.6 Å². The minimum absolute atomic E-state index is 0.520. The largest absolute Gasteiger partial charge is 0.235 e. The third-order valence-electron chi connectivity index (χ3n) is 4.05. The Hall–Kier alpha value is -3.44. The van der Waals surface area contributed by atoms with Gasteiger partial charge in [0.05, 0.1) is 28.3 Å². The number of hydrogen-bond acceptors (Lipinski definition) is 6. The quantitative estimate of drug-likeness (QED) is 0.499. The normalized spacial score (nSPS) is 10.7. The predicted octanol–water partition coefficient (Wildman–Crippen LogP) is 3.32. The molecule has 0 bridgehead atoms. The molecule has 8 heteroatoms. The topological polar surface area (TPSA) is 85.2 Å². The standard InChI is InChI=1S/C19H15N7S/c1-14-17(12-20)18(25(22-14)15-8-4-2-5-9-15)13-27-19-21-23-24-26(19)16-10-6-3-7-11-16/h2-11H,13H2,1H3. The first kappa shape index (κ1) is 17.0. The van der Waals surface area contributed by atoms with Crippen LogP contribution in [0.3, 0.4) is 0 Å². The second-order valence-corrected chi connectivity index (χ2v) is 6.71. The van der Waals surface area contributed by atoms with Crippen molar-refractivity contribution in [3.63, 3.8) is 0 Å². The fourth-order valence-electron chi connectivity index (χ4n) is 2.77. The predicted molar refractivity (Wildman–Crippen MR) is 102 cm³/mol. The third-order valence-corrected chi connectivity index (χ3v) is 4.98. The van der Waals surface area contributed by atoms with Gasteiger partial charge in [-0.25, -0.2) is 4.68 Å². The van der Waals surface area contributed by atoms with Gasteiger partial charge in [-0.1, -0.05) is 48.2 Å². The molecular weight excluding hydrogens is 358 g/mol. The maximum atomic E-state index is 9.59. The van der Waals surface area contributed by atoms with Crippen LogP contribution in [0.25, 0.3) is 11.4 Å². The van der Waals surface area contributed by atoms with Gasteiger partial charge in [0.15, 0.2) is 0 Å². The van der Waals surface area contributed by atoms with E-state index < -0.39 is 0 Å². The molecule has 0 spiro atoms. The van der Waals surface area contributed by atoms with Gasteiger partial charge >= 0.3 is 0 Å². The molecule has 0 aliphatic heterocycles. The summed E-state index contributed by atoms with van der Waals surface area (Å²) in [7, 11) is 0. The van der Waals surface area contributed by atoms with E-state index in [1.807, 2.05) is 72.3 Å². The van der Waals surface area contributed by atoms with Gasteiger partial charge in [-0.3, -0.25) is 0 Å². The van der Waals surface area contributed by atoms with Gasteiger partial charge in [-0.05, 0) is 41.6 Å². The molecule has 7 nitrogen and oxygen atoms in total. The lowest BCUT2D eigenvalue weighted by Gasteiger charge is -2.08. The number of thioether (sulfide) groups is 1. The first-order chi connectivity index (χ1) is 13.3. The van der Waals surface area contributed by atoms with E-state index in [0.29, 0.717) is 22.2 Å². The van der Waals surface area contributed by atoms with E-state index in [2.05, 4.69) is 26.7 Å². The van der Waals surface area contributed by atoms with E-state index >= 15 is 0 Å². The average Bonchev–Trinajstić information content (AvgIpc) is 3.31. The molecule has 4 aromatic rings. The maximum Gasteiger partial charge on any atom is 0.214 e. The van der Waals surface area contributed by atoms with Gasteiger partial charge in [0.1, 0.15) is 6.07 Å². The van der Waals surface area contributed by atoms with Crippen molar-refractivity contribution in [2.24, 2.45) is 0 Å². The number of aryl methyl sites for hydroxylation is 1. The molecule has 0 fully saturated rings. The number of para-hydroxylation sites is 2. The molecule has 0 unspecified atom stereocenters. The highest BCUT2D eigenvalue weighted by Gasteiger charge is 2.18. The van der Waals surface area contributed by atoms with Gasteiger partial charge in [0.2, 0.25) is 5.16 Å². The second kappa shape index (κ2) is 7.43. The van der Waals surface area contributed by atoms with E-state index in [4.69, 9.17) is 0 Å². The highest BCUT2D eigenvalue weighted by Crippen LogP contribution is 2.27. The van der Waals surface area contributed by atoms with Gasteiger partial charge < -0.3 is 0 Å². The molecule has 2 aromatic heterocycles. The SMILES string of the molecule is Cc1nn(-c2ccccc2)c(CSc2nnnn2-c2ccccc2)c1C#N. The van der Waals surface area contributed by atoms with Crippen LogP contribution in [-0.2, 0) is 5.75 Å². The van der Waals surface area contributed by atoms with Crippen LogP contribution < -0.4 is 0 Å². The lowest BCUT2D eigenvalue weighted by atomic mass is 10.2. The minimum atomic E-state index is 0.520. The summed E-state index contributed by atoms with van der Waals surface area (Å²) >= 11 is 1.47. The van der Waals surface area contributed by atoms with E-state index in [1.165, 1.54) is 11.8 Å². The molecule has 0 aliphatic carbocycles. The number of hydrogen-bond donors (Lipinski definition) is 0. The number of nitriles is 1. The van der Waals surface area contributed by atoms with E-state index in [1.54, 1.807) is 4.68 Å². The molecule has 2 aromatic carbocycles. The van der Waals surface area contributed by atoms with Crippen LogP contribution in [0.2, 0.25) is 0 Å². The summed E-state index contributed by atoms with van der Waals surface area (Å²) in [4.78, 5) is 0.